The molecule has 3 N–H and O–H groups in total. The van der Waals surface area contributed by atoms with Gasteiger partial charge in [-0.1, -0.05) is 19.9 Å². The fraction of sp³-hybridized carbons (Fsp3) is 0.467. The molecule has 2 atom stereocenters. The molecule has 0 aliphatic heterocycles. The molecule has 0 spiro atoms. The van der Waals surface area contributed by atoms with Gasteiger partial charge in [-0.2, -0.15) is 0 Å². The zero-order valence-electron chi connectivity index (χ0n) is 12.6. The number of benzene rings is 1. The highest BCUT2D eigenvalue weighted by Gasteiger charge is 2.17. The molecule has 1 aromatic rings. The Morgan fingerprint density at radius 1 is 1.29 bits per heavy atom. The van der Waals surface area contributed by atoms with Gasteiger partial charge in [-0.3, -0.25) is 0 Å². The number of carbonyl (C=O) groups is 2. The lowest BCUT2D eigenvalue weighted by Crippen LogP contribution is -2.42. The molecule has 0 bridgehead atoms. The minimum absolute atomic E-state index is 0.0885. The van der Waals surface area contributed by atoms with Crippen molar-refractivity contribution in [1.29, 1.82) is 0 Å². The second-order valence-corrected chi connectivity index (χ2v) is 4.76. The highest BCUT2D eigenvalue weighted by molar-refractivity contribution is 5.92. The van der Waals surface area contributed by atoms with E-state index < -0.39 is 18.0 Å². The maximum atomic E-state index is 11.7. The van der Waals surface area contributed by atoms with Crippen molar-refractivity contribution in [2.45, 2.75) is 45.8 Å². The van der Waals surface area contributed by atoms with E-state index in [0.29, 0.717) is 17.9 Å². The lowest BCUT2D eigenvalue weighted by Gasteiger charge is -2.15. The summed E-state index contributed by atoms with van der Waals surface area (Å²) in [6.07, 6.45) is 1.29. The number of carbonyl (C=O) groups excluding carboxylic acids is 1. The summed E-state index contributed by atoms with van der Waals surface area (Å²) in [4.78, 5) is 22.6. The third-order valence-corrected chi connectivity index (χ3v) is 3.02. The number of aliphatic carboxylic acids is 1. The molecule has 0 heterocycles. The van der Waals surface area contributed by atoms with E-state index in [2.05, 4.69) is 10.6 Å². The van der Waals surface area contributed by atoms with Crippen LogP contribution in [-0.4, -0.2) is 29.3 Å². The van der Waals surface area contributed by atoms with E-state index in [4.69, 9.17) is 9.84 Å². The fourth-order valence-electron chi connectivity index (χ4n) is 1.63. The maximum Gasteiger partial charge on any atom is 0.326 e. The largest absolute Gasteiger partial charge is 0.491 e. The van der Waals surface area contributed by atoms with Crippen LogP contribution in [0.1, 0.15) is 33.6 Å². The second kappa shape index (κ2) is 8.14. The summed E-state index contributed by atoms with van der Waals surface area (Å²) < 4.78 is 5.66. The van der Waals surface area contributed by atoms with Crippen LogP contribution in [0.25, 0.3) is 0 Å². The molecule has 0 radical (unpaired) electrons. The van der Waals surface area contributed by atoms with Crippen molar-refractivity contribution in [3.63, 3.8) is 0 Å². The number of nitrogens with one attached hydrogen (secondary N) is 2. The van der Waals surface area contributed by atoms with Gasteiger partial charge in [-0.05, 0) is 31.9 Å². The molecule has 0 saturated carbocycles. The number of anilines is 1. The summed E-state index contributed by atoms with van der Waals surface area (Å²) in [5.41, 5.74) is 0.550. The van der Waals surface area contributed by atoms with E-state index >= 15 is 0 Å². The zero-order valence-corrected chi connectivity index (χ0v) is 12.6. The molecule has 0 aliphatic rings. The van der Waals surface area contributed by atoms with Crippen LogP contribution in [0.3, 0.4) is 0 Å². The van der Waals surface area contributed by atoms with Crippen LogP contribution in [0, 0.1) is 0 Å². The molecular weight excluding hydrogens is 272 g/mol. The standard InChI is InChI=1S/C15H22N2O4/c1-4-10(3)21-12-8-6-7-11(9-12)16-15(20)17-13(5-2)14(18)19/h6-10,13H,4-5H2,1-3H3,(H,18,19)(H2,16,17,20)/t10?,13-/m0/s1. The van der Waals surface area contributed by atoms with Crippen molar-refractivity contribution in [3.8, 4) is 5.75 Å². The summed E-state index contributed by atoms with van der Waals surface area (Å²) in [5, 5.41) is 13.9. The van der Waals surface area contributed by atoms with Gasteiger partial charge >= 0.3 is 12.0 Å². The Kier molecular flexibility index (Phi) is 6.52. The summed E-state index contributed by atoms with van der Waals surface area (Å²) >= 11 is 0. The molecule has 0 saturated heterocycles. The Balaban J connectivity index is 2.64. The average molecular weight is 294 g/mol. The first-order valence-electron chi connectivity index (χ1n) is 7.03. The van der Waals surface area contributed by atoms with E-state index in [-0.39, 0.29) is 6.10 Å². The smallest absolute Gasteiger partial charge is 0.326 e. The average Bonchev–Trinajstić information content (AvgIpc) is 2.44. The monoisotopic (exact) mass is 294 g/mol. The predicted molar refractivity (Wildman–Crippen MR) is 80.7 cm³/mol. The van der Waals surface area contributed by atoms with Crippen LogP contribution in [0.15, 0.2) is 24.3 Å². The molecule has 6 nitrogen and oxygen atoms in total. The normalized spacial score (nSPS) is 13.1. The summed E-state index contributed by atoms with van der Waals surface area (Å²) in [7, 11) is 0. The van der Waals surface area contributed by atoms with Crippen LogP contribution in [0.4, 0.5) is 10.5 Å². The molecular formula is C15H22N2O4. The number of rotatable bonds is 7. The van der Waals surface area contributed by atoms with Gasteiger partial charge in [0.1, 0.15) is 11.8 Å². The fourth-order valence-corrected chi connectivity index (χ4v) is 1.63. The first-order valence-corrected chi connectivity index (χ1v) is 7.03. The Morgan fingerprint density at radius 2 is 2.00 bits per heavy atom. The number of amides is 2. The van der Waals surface area contributed by atoms with Gasteiger partial charge in [0.15, 0.2) is 0 Å². The highest BCUT2D eigenvalue weighted by atomic mass is 16.5. The minimum Gasteiger partial charge on any atom is -0.491 e. The van der Waals surface area contributed by atoms with Crippen molar-refractivity contribution < 1.29 is 19.4 Å². The first kappa shape index (κ1) is 16.8. The summed E-state index contributed by atoms with van der Waals surface area (Å²) in [5.74, 6) is -0.395. The third kappa shape index (κ3) is 5.72. The van der Waals surface area contributed by atoms with Crippen molar-refractivity contribution >= 4 is 17.7 Å². The van der Waals surface area contributed by atoms with E-state index in [1.54, 1.807) is 31.2 Å². The van der Waals surface area contributed by atoms with Crippen molar-refractivity contribution in [3.05, 3.63) is 24.3 Å². The van der Waals surface area contributed by atoms with Gasteiger partial charge in [0.25, 0.3) is 0 Å². The number of hydrogen-bond donors (Lipinski definition) is 3. The number of ether oxygens (including phenoxy) is 1. The molecule has 2 amide bonds. The number of carboxylic acids is 1. The number of hydrogen-bond acceptors (Lipinski definition) is 3. The van der Waals surface area contributed by atoms with Crippen LogP contribution in [-0.2, 0) is 4.79 Å². The lowest BCUT2D eigenvalue weighted by atomic mass is 10.2. The summed E-state index contributed by atoms with van der Waals surface area (Å²) in [6.45, 7) is 5.68. The van der Waals surface area contributed by atoms with Gasteiger partial charge in [-0.25, -0.2) is 9.59 Å². The van der Waals surface area contributed by atoms with Crippen LogP contribution < -0.4 is 15.4 Å². The van der Waals surface area contributed by atoms with Gasteiger partial charge in [-0.15, -0.1) is 0 Å². The third-order valence-electron chi connectivity index (χ3n) is 3.02. The van der Waals surface area contributed by atoms with Gasteiger partial charge in [0.05, 0.1) is 6.10 Å². The molecule has 1 rings (SSSR count). The SMILES string of the molecule is CCC(C)Oc1cccc(NC(=O)N[C@@H](CC)C(=O)O)c1. The number of urea groups is 1. The number of carboxylic acid groups (broad SMARTS) is 1. The van der Waals surface area contributed by atoms with E-state index in [1.807, 2.05) is 13.8 Å². The molecule has 0 aliphatic carbocycles. The Bertz CT molecular complexity index is 490. The Labute approximate surface area is 124 Å². The van der Waals surface area contributed by atoms with Crippen LogP contribution in [0.2, 0.25) is 0 Å². The quantitative estimate of drug-likeness (QED) is 0.721. The predicted octanol–water partition coefficient (Wildman–Crippen LogP) is 2.85. The highest BCUT2D eigenvalue weighted by Crippen LogP contribution is 2.19. The van der Waals surface area contributed by atoms with Crippen LogP contribution >= 0.6 is 0 Å². The molecule has 6 heteroatoms. The van der Waals surface area contributed by atoms with Crippen molar-refractivity contribution in [2.24, 2.45) is 0 Å². The molecule has 21 heavy (non-hydrogen) atoms. The van der Waals surface area contributed by atoms with Crippen molar-refractivity contribution in [2.75, 3.05) is 5.32 Å². The lowest BCUT2D eigenvalue weighted by molar-refractivity contribution is -0.139. The van der Waals surface area contributed by atoms with Gasteiger partial charge < -0.3 is 20.5 Å². The van der Waals surface area contributed by atoms with Crippen LogP contribution in [0.5, 0.6) is 5.75 Å². The van der Waals surface area contributed by atoms with Gasteiger partial charge in [0.2, 0.25) is 0 Å². The second-order valence-electron chi connectivity index (χ2n) is 4.76. The molecule has 1 unspecified atom stereocenters. The maximum absolute atomic E-state index is 11.7. The van der Waals surface area contributed by atoms with E-state index in [9.17, 15) is 9.59 Å². The topological polar surface area (TPSA) is 87.7 Å². The van der Waals surface area contributed by atoms with Crippen molar-refractivity contribution in [1.82, 2.24) is 5.32 Å². The van der Waals surface area contributed by atoms with Gasteiger partial charge in [0, 0.05) is 11.8 Å². The zero-order chi connectivity index (χ0) is 15.8. The molecule has 1 aromatic carbocycles. The van der Waals surface area contributed by atoms with E-state index in [0.717, 1.165) is 6.42 Å². The molecule has 0 fully saturated rings. The minimum atomic E-state index is -1.05. The Hall–Kier alpha value is -2.24. The Morgan fingerprint density at radius 3 is 2.57 bits per heavy atom. The first-order chi connectivity index (χ1) is 9.96. The summed E-state index contributed by atoms with van der Waals surface area (Å²) in [6, 6.07) is 5.54. The van der Waals surface area contributed by atoms with E-state index in [1.165, 1.54) is 0 Å². The molecule has 0 aromatic heterocycles. The molecule has 116 valence electrons.